The molecule has 1 amide bonds. The first-order chi connectivity index (χ1) is 11.1. The van der Waals surface area contributed by atoms with Crippen LogP contribution in [0.3, 0.4) is 0 Å². The number of aryl methyl sites for hydroxylation is 1. The summed E-state index contributed by atoms with van der Waals surface area (Å²) in [5.74, 6) is -0.372. The van der Waals surface area contributed by atoms with Gasteiger partial charge in [0.05, 0.1) is 0 Å². The van der Waals surface area contributed by atoms with Gasteiger partial charge in [0.15, 0.2) is 0 Å². The zero-order valence-electron chi connectivity index (χ0n) is 12.7. The maximum Gasteiger partial charge on any atom is 0.267 e. The second kappa shape index (κ2) is 7.66. The molecule has 0 spiro atoms. The van der Waals surface area contributed by atoms with Crippen molar-refractivity contribution in [3.8, 4) is 11.8 Å². The molecule has 0 bridgehead atoms. The Morgan fingerprint density at radius 3 is 2.65 bits per heavy atom. The number of carbonyl (C=O) groups is 1. The molecule has 23 heavy (non-hydrogen) atoms. The van der Waals surface area contributed by atoms with E-state index in [1.165, 1.54) is 12.3 Å². The number of amides is 1. The fourth-order valence-corrected chi connectivity index (χ4v) is 1.99. The highest BCUT2D eigenvalue weighted by Gasteiger charge is 2.10. The van der Waals surface area contributed by atoms with Gasteiger partial charge in [-0.3, -0.25) is 4.79 Å². The zero-order chi connectivity index (χ0) is 16.7. The number of carbonyl (C=O) groups excluding carboxylic acids is 1. The highest BCUT2D eigenvalue weighted by molar-refractivity contribution is 6.06. The van der Waals surface area contributed by atoms with Gasteiger partial charge in [-0.05, 0) is 36.2 Å². The highest BCUT2D eigenvalue weighted by atomic mass is 16.3. The topological polar surface area (TPSA) is 85.2 Å². The van der Waals surface area contributed by atoms with Crippen molar-refractivity contribution in [2.24, 2.45) is 0 Å². The van der Waals surface area contributed by atoms with Crippen LogP contribution in [0.5, 0.6) is 5.75 Å². The van der Waals surface area contributed by atoms with Crippen molar-refractivity contribution in [1.29, 1.82) is 5.26 Å². The van der Waals surface area contributed by atoms with E-state index in [1.54, 1.807) is 19.1 Å². The van der Waals surface area contributed by atoms with Crippen molar-refractivity contribution in [3.63, 3.8) is 0 Å². The van der Waals surface area contributed by atoms with E-state index in [0.29, 0.717) is 17.8 Å². The molecule has 0 unspecified atom stereocenters. The van der Waals surface area contributed by atoms with E-state index in [2.05, 4.69) is 10.6 Å². The number of hydrogen-bond acceptors (Lipinski definition) is 4. The Balaban J connectivity index is 2.00. The largest absolute Gasteiger partial charge is 0.508 e. The van der Waals surface area contributed by atoms with Crippen molar-refractivity contribution in [1.82, 2.24) is 5.32 Å². The van der Waals surface area contributed by atoms with Crippen LogP contribution in [0.1, 0.15) is 11.1 Å². The molecule has 0 aliphatic carbocycles. The Labute approximate surface area is 134 Å². The number of aromatic hydroxyl groups is 1. The normalized spacial score (nSPS) is 10.7. The Morgan fingerprint density at radius 1 is 1.26 bits per heavy atom. The Bertz CT molecular complexity index is 762. The van der Waals surface area contributed by atoms with Gasteiger partial charge in [0, 0.05) is 18.4 Å². The number of hydrogen-bond donors (Lipinski definition) is 3. The second-order valence-corrected chi connectivity index (χ2v) is 4.99. The summed E-state index contributed by atoms with van der Waals surface area (Å²) in [6.45, 7) is 2.29. The minimum atomic E-state index is -0.498. The van der Waals surface area contributed by atoms with Gasteiger partial charge in [0.1, 0.15) is 17.4 Å². The molecule has 0 heterocycles. The third-order valence-corrected chi connectivity index (χ3v) is 3.22. The van der Waals surface area contributed by atoms with Gasteiger partial charge >= 0.3 is 0 Å². The summed E-state index contributed by atoms with van der Waals surface area (Å²) < 4.78 is 0. The van der Waals surface area contributed by atoms with Crippen LogP contribution in [0.25, 0.3) is 0 Å². The van der Waals surface area contributed by atoms with Crippen LogP contribution in [0.2, 0.25) is 0 Å². The molecule has 0 aliphatic heterocycles. The molecule has 0 radical (unpaired) electrons. The predicted molar refractivity (Wildman–Crippen MR) is 88.5 cm³/mol. The first-order valence-corrected chi connectivity index (χ1v) is 7.08. The van der Waals surface area contributed by atoms with Gasteiger partial charge in [-0.25, -0.2) is 0 Å². The average molecular weight is 307 g/mol. The lowest BCUT2D eigenvalue weighted by molar-refractivity contribution is -0.112. The fourth-order valence-electron chi connectivity index (χ4n) is 1.99. The molecule has 5 nitrogen and oxygen atoms in total. The Kier molecular flexibility index (Phi) is 5.37. The lowest BCUT2D eigenvalue weighted by Gasteiger charge is -2.08. The standard InChI is InChI=1S/C18H17N3O2/c1-13-9-16(22)7-8-17(13)21-18(23)15(10-19)12-20-11-14-5-3-2-4-6-14/h2-9,12,20,22H,11H2,1H3,(H,21,23)/b15-12-. The van der Waals surface area contributed by atoms with Crippen LogP contribution in [-0.2, 0) is 11.3 Å². The van der Waals surface area contributed by atoms with Crippen molar-refractivity contribution >= 4 is 11.6 Å². The number of rotatable bonds is 5. The highest BCUT2D eigenvalue weighted by Crippen LogP contribution is 2.20. The Hall–Kier alpha value is -3.26. The van der Waals surface area contributed by atoms with E-state index in [0.717, 1.165) is 5.56 Å². The molecule has 2 aromatic rings. The number of nitrogens with one attached hydrogen (secondary N) is 2. The molecule has 0 aliphatic rings. The summed E-state index contributed by atoms with van der Waals surface area (Å²) in [5, 5.41) is 24.1. The van der Waals surface area contributed by atoms with Crippen LogP contribution < -0.4 is 10.6 Å². The summed E-state index contributed by atoms with van der Waals surface area (Å²) >= 11 is 0. The summed E-state index contributed by atoms with van der Waals surface area (Å²) in [6.07, 6.45) is 1.40. The van der Waals surface area contributed by atoms with Gasteiger partial charge < -0.3 is 15.7 Å². The number of nitriles is 1. The molecular formula is C18H17N3O2. The molecule has 2 rings (SSSR count). The van der Waals surface area contributed by atoms with Crippen LogP contribution in [0.15, 0.2) is 60.3 Å². The molecule has 116 valence electrons. The minimum absolute atomic E-state index is 0.0200. The number of phenolic OH excluding ortho intramolecular Hbond substituents is 1. The third-order valence-electron chi connectivity index (χ3n) is 3.22. The van der Waals surface area contributed by atoms with Crippen molar-refractivity contribution in [2.75, 3.05) is 5.32 Å². The van der Waals surface area contributed by atoms with E-state index in [9.17, 15) is 9.90 Å². The molecule has 0 fully saturated rings. The quantitative estimate of drug-likeness (QED) is 0.450. The van der Waals surface area contributed by atoms with Gasteiger partial charge in [-0.15, -0.1) is 0 Å². The van der Waals surface area contributed by atoms with Gasteiger partial charge in [0.25, 0.3) is 5.91 Å². The molecule has 0 atom stereocenters. The molecule has 0 saturated carbocycles. The summed E-state index contributed by atoms with van der Waals surface area (Å²) in [6, 6.07) is 16.2. The van der Waals surface area contributed by atoms with Crippen LogP contribution in [0.4, 0.5) is 5.69 Å². The summed E-state index contributed by atoms with van der Waals surface area (Å²) in [5.41, 5.74) is 2.30. The van der Waals surface area contributed by atoms with E-state index in [4.69, 9.17) is 5.26 Å². The first kappa shape index (κ1) is 16.1. The number of phenols is 1. The lowest BCUT2D eigenvalue weighted by Crippen LogP contribution is -2.17. The predicted octanol–water partition coefficient (Wildman–Crippen LogP) is 2.84. The molecule has 0 aromatic heterocycles. The minimum Gasteiger partial charge on any atom is -0.508 e. The third kappa shape index (κ3) is 4.61. The number of benzene rings is 2. The van der Waals surface area contributed by atoms with E-state index < -0.39 is 5.91 Å². The molecule has 3 N–H and O–H groups in total. The summed E-state index contributed by atoms with van der Waals surface area (Å²) in [7, 11) is 0. The lowest BCUT2D eigenvalue weighted by atomic mass is 10.2. The number of nitrogens with zero attached hydrogens (tertiary/aromatic N) is 1. The zero-order valence-corrected chi connectivity index (χ0v) is 12.7. The van der Waals surface area contributed by atoms with Crippen molar-refractivity contribution in [3.05, 3.63) is 71.4 Å². The monoisotopic (exact) mass is 307 g/mol. The van der Waals surface area contributed by atoms with E-state index in [-0.39, 0.29) is 11.3 Å². The fraction of sp³-hybridized carbons (Fsp3) is 0.111. The smallest absolute Gasteiger partial charge is 0.267 e. The van der Waals surface area contributed by atoms with Gasteiger partial charge in [-0.2, -0.15) is 5.26 Å². The van der Waals surface area contributed by atoms with Crippen LogP contribution >= 0.6 is 0 Å². The molecule has 5 heteroatoms. The summed E-state index contributed by atoms with van der Waals surface area (Å²) in [4.78, 5) is 12.1. The second-order valence-electron chi connectivity index (χ2n) is 4.99. The number of anilines is 1. The Morgan fingerprint density at radius 2 is 2.00 bits per heavy atom. The van der Waals surface area contributed by atoms with Gasteiger partial charge in [0.2, 0.25) is 0 Å². The van der Waals surface area contributed by atoms with Crippen molar-refractivity contribution < 1.29 is 9.90 Å². The van der Waals surface area contributed by atoms with Crippen LogP contribution in [0, 0.1) is 18.3 Å². The molecule has 2 aromatic carbocycles. The molecular weight excluding hydrogens is 290 g/mol. The van der Waals surface area contributed by atoms with E-state index >= 15 is 0 Å². The first-order valence-electron chi connectivity index (χ1n) is 7.08. The SMILES string of the molecule is Cc1cc(O)ccc1NC(=O)/C(C#N)=C\NCc1ccccc1. The van der Waals surface area contributed by atoms with Gasteiger partial charge in [-0.1, -0.05) is 30.3 Å². The average Bonchev–Trinajstić information content (AvgIpc) is 2.55. The van der Waals surface area contributed by atoms with Crippen LogP contribution in [-0.4, -0.2) is 11.0 Å². The van der Waals surface area contributed by atoms with Crippen molar-refractivity contribution in [2.45, 2.75) is 13.5 Å². The maximum atomic E-state index is 12.1. The maximum absolute atomic E-state index is 12.1. The van der Waals surface area contributed by atoms with E-state index in [1.807, 2.05) is 36.4 Å². The molecule has 0 saturated heterocycles.